The van der Waals surface area contributed by atoms with Gasteiger partial charge in [-0.05, 0) is 18.9 Å². The second-order valence-corrected chi connectivity index (χ2v) is 4.03. The van der Waals surface area contributed by atoms with Crippen molar-refractivity contribution in [2.45, 2.75) is 20.0 Å². The maximum absolute atomic E-state index is 9.22. The van der Waals surface area contributed by atoms with Crippen molar-refractivity contribution >= 4 is 0 Å². The van der Waals surface area contributed by atoms with Crippen LogP contribution in [0.3, 0.4) is 0 Å². The van der Waals surface area contributed by atoms with E-state index in [-0.39, 0.29) is 6.61 Å². The summed E-state index contributed by atoms with van der Waals surface area (Å²) in [5.74, 6) is 0.764. The molecule has 0 saturated carbocycles. The number of benzene rings is 1. The van der Waals surface area contributed by atoms with Crippen LogP contribution in [-0.2, 0) is 16.1 Å². The molecule has 1 aromatic carbocycles. The Kier molecular flexibility index (Phi) is 7.41. The van der Waals surface area contributed by atoms with E-state index < -0.39 is 0 Å². The first-order chi connectivity index (χ1) is 8.79. The molecular weight excluding hydrogens is 232 g/mol. The van der Waals surface area contributed by atoms with E-state index in [1.54, 1.807) is 7.11 Å². The lowest BCUT2D eigenvalue weighted by Gasteiger charge is -2.13. The van der Waals surface area contributed by atoms with Gasteiger partial charge in [-0.2, -0.15) is 0 Å². The highest BCUT2D eigenvalue weighted by Crippen LogP contribution is 2.23. The minimum Gasteiger partial charge on any atom is -0.491 e. The van der Waals surface area contributed by atoms with Gasteiger partial charge in [0.15, 0.2) is 0 Å². The lowest BCUT2D eigenvalue weighted by Crippen LogP contribution is -2.10. The molecule has 0 aromatic heterocycles. The molecule has 0 bridgehead atoms. The third-order valence-corrected chi connectivity index (χ3v) is 2.57. The van der Waals surface area contributed by atoms with E-state index in [4.69, 9.17) is 14.2 Å². The van der Waals surface area contributed by atoms with Gasteiger partial charge < -0.3 is 19.3 Å². The lowest BCUT2D eigenvalue weighted by atomic mass is 10.1. The van der Waals surface area contributed by atoms with Crippen LogP contribution < -0.4 is 4.74 Å². The Balaban J connectivity index is 2.26. The van der Waals surface area contributed by atoms with Gasteiger partial charge in [-0.15, -0.1) is 0 Å². The molecule has 0 heterocycles. The number of aliphatic hydroxyl groups excluding tert-OH is 1. The third-order valence-electron chi connectivity index (χ3n) is 2.57. The Hall–Kier alpha value is -1.10. The average molecular weight is 254 g/mol. The van der Waals surface area contributed by atoms with Crippen molar-refractivity contribution in [3.8, 4) is 5.75 Å². The summed E-state index contributed by atoms with van der Waals surface area (Å²) in [7, 11) is 1.68. The molecule has 0 atom stereocenters. The Bertz CT molecular complexity index is 339. The fourth-order valence-corrected chi connectivity index (χ4v) is 1.65. The number of rotatable bonds is 9. The summed E-state index contributed by atoms with van der Waals surface area (Å²) >= 11 is 0. The molecule has 4 nitrogen and oxygen atoms in total. The summed E-state index contributed by atoms with van der Waals surface area (Å²) in [5, 5.41) is 9.22. The van der Waals surface area contributed by atoms with E-state index >= 15 is 0 Å². The molecule has 4 heteroatoms. The standard InChI is InChI=1S/C14H22O4/c1-12-5-3-6-13(11-15)14(12)18-10-9-17-8-4-7-16-2/h3,5-6,15H,4,7-11H2,1-2H3. The van der Waals surface area contributed by atoms with Crippen LogP contribution in [0.1, 0.15) is 17.5 Å². The molecule has 102 valence electrons. The topological polar surface area (TPSA) is 47.9 Å². The zero-order valence-corrected chi connectivity index (χ0v) is 11.1. The summed E-state index contributed by atoms with van der Waals surface area (Å²) in [5.41, 5.74) is 1.84. The van der Waals surface area contributed by atoms with Gasteiger partial charge in [-0.3, -0.25) is 0 Å². The van der Waals surface area contributed by atoms with Crippen LogP contribution in [0.5, 0.6) is 5.75 Å². The van der Waals surface area contributed by atoms with E-state index in [1.165, 1.54) is 0 Å². The largest absolute Gasteiger partial charge is 0.491 e. The predicted octanol–water partition coefficient (Wildman–Crippen LogP) is 1.92. The molecule has 1 rings (SSSR count). The smallest absolute Gasteiger partial charge is 0.127 e. The summed E-state index contributed by atoms with van der Waals surface area (Å²) < 4.78 is 16.0. The van der Waals surface area contributed by atoms with E-state index in [1.807, 2.05) is 25.1 Å². The highest BCUT2D eigenvalue weighted by Gasteiger charge is 2.05. The zero-order chi connectivity index (χ0) is 13.2. The second kappa shape index (κ2) is 8.91. The van der Waals surface area contributed by atoms with Gasteiger partial charge in [-0.1, -0.05) is 18.2 Å². The van der Waals surface area contributed by atoms with Gasteiger partial charge in [-0.25, -0.2) is 0 Å². The minimum absolute atomic E-state index is 0.00822. The van der Waals surface area contributed by atoms with Gasteiger partial charge in [0.25, 0.3) is 0 Å². The summed E-state index contributed by atoms with van der Waals surface area (Å²) in [6.07, 6.45) is 0.892. The first-order valence-corrected chi connectivity index (χ1v) is 6.18. The molecule has 0 fully saturated rings. The molecule has 0 aliphatic heterocycles. The maximum atomic E-state index is 9.22. The maximum Gasteiger partial charge on any atom is 0.127 e. The summed E-state index contributed by atoms with van der Waals surface area (Å²) in [4.78, 5) is 0. The molecule has 0 radical (unpaired) electrons. The first-order valence-electron chi connectivity index (χ1n) is 6.18. The van der Waals surface area contributed by atoms with E-state index in [0.29, 0.717) is 26.4 Å². The summed E-state index contributed by atoms with van der Waals surface area (Å²) in [6, 6.07) is 5.74. The van der Waals surface area contributed by atoms with Crippen LogP contribution >= 0.6 is 0 Å². The van der Waals surface area contributed by atoms with Crippen molar-refractivity contribution in [3.63, 3.8) is 0 Å². The van der Waals surface area contributed by atoms with Gasteiger partial charge in [0.05, 0.1) is 13.2 Å². The Morgan fingerprint density at radius 3 is 2.67 bits per heavy atom. The number of aliphatic hydroxyl groups is 1. The van der Waals surface area contributed by atoms with Crippen molar-refractivity contribution in [1.82, 2.24) is 0 Å². The van der Waals surface area contributed by atoms with Crippen molar-refractivity contribution in [1.29, 1.82) is 0 Å². The molecule has 18 heavy (non-hydrogen) atoms. The van der Waals surface area contributed by atoms with E-state index in [9.17, 15) is 5.11 Å². The van der Waals surface area contributed by atoms with Crippen molar-refractivity contribution < 1.29 is 19.3 Å². The minimum atomic E-state index is -0.00822. The molecule has 0 spiro atoms. The van der Waals surface area contributed by atoms with E-state index in [2.05, 4.69) is 0 Å². The van der Waals surface area contributed by atoms with Gasteiger partial charge in [0.2, 0.25) is 0 Å². The molecule has 0 amide bonds. The average Bonchev–Trinajstić information content (AvgIpc) is 2.39. The quantitative estimate of drug-likeness (QED) is 0.684. The lowest BCUT2D eigenvalue weighted by molar-refractivity contribution is 0.0799. The van der Waals surface area contributed by atoms with Crippen LogP contribution in [-0.4, -0.2) is 38.6 Å². The fourth-order valence-electron chi connectivity index (χ4n) is 1.65. The van der Waals surface area contributed by atoms with Crippen LogP contribution in [0.2, 0.25) is 0 Å². The Morgan fingerprint density at radius 2 is 1.94 bits per heavy atom. The van der Waals surface area contributed by atoms with Crippen molar-refractivity contribution in [3.05, 3.63) is 29.3 Å². The predicted molar refractivity (Wildman–Crippen MR) is 69.9 cm³/mol. The Labute approximate surface area is 108 Å². The number of hydrogen-bond acceptors (Lipinski definition) is 4. The molecule has 0 saturated heterocycles. The summed E-state index contributed by atoms with van der Waals surface area (Å²) in [6.45, 7) is 4.39. The van der Waals surface area contributed by atoms with Gasteiger partial charge in [0.1, 0.15) is 12.4 Å². The monoisotopic (exact) mass is 254 g/mol. The third kappa shape index (κ3) is 5.04. The number of methoxy groups -OCH3 is 1. The second-order valence-electron chi connectivity index (χ2n) is 4.03. The van der Waals surface area contributed by atoms with Crippen LogP contribution in [0.4, 0.5) is 0 Å². The fraction of sp³-hybridized carbons (Fsp3) is 0.571. The van der Waals surface area contributed by atoms with Gasteiger partial charge in [0, 0.05) is 25.9 Å². The molecule has 0 aliphatic carbocycles. The van der Waals surface area contributed by atoms with Gasteiger partial charge >= 0.3 is 0 Å². The molecular formula is C14H22O4. The highest BCUT2D eigenvalue weighted by atomic mass is 16.5. The number of hydrogen-bond donors (Lipinski definition) is 1. The SMILES string of the molecule is COCCCOCCOc1c(C)cccc1CO. The number of ether oxygens (including phenoxy) is 3. The highest BCUT2D eigenvalue weighted by molar-refractivity contribution is 5.40. The number of para-hydroxylation sites is 1. The van der Waals surface area contributed by atoms with Crippen molar-refractivity contribution in [2.24, 2.45) is 0 Å². The van der Waals surface area contributed by atoms with Crippen molar-refractivity contribution in [2.75, 3.05) is 33.5 Å². The van der Waals surface area contributed by atoms with Crippen LogP contribution in [0.25, 0.3) is 0 Å². The van der Waals surface area contributed by atoms with Crippen LogP contribution in [0, 0.1) is 6.92 Å². The molecule has 0 unspecified atom stereocenters. The molecule has 1 aromatic rings. The molecule has 0 aliphatic rings. The first kappa shape index (κ1) is 15.0. The molecule has 1 N–H and O–H groups in total. The van der Waals surface area contributed by atoms with Crippen LogP contribution in [0.15, 0.2) is 18.2 Å². The van der Waals surface area contributed by atoms with E-state index in [0.717, 1.165) is 23.3 Å². The number of aryl methyl sites for hydroxylation is 1. The zero-order valence-electron chi connectivity index (χ0n) is 11.1. The Morgan fingerprint density at radius 1 is 1.11 bits per heavy atom. The normalized spacial score (nSPS) is 10.6.